The molecule has 0 heterocycles. The van der Waals surface area contributed by atoms with Crippen molar-refractivity contribution in [3.8, 4) is 0 Å². The van der Waals surface area contributed by atoms with E-state index in [1.165, 1.54) is 0 Å². The second kappa shape index (κ2) is 4.90. The molecule has 0 unspecified atom stereocenters. The number of ether oxygens (including phenoxy) is 1. The summed E-state index contributed by atoms with van der Waals surface area (Å²) in [5.74, 6) is -0.537. The molecule has 0 aliphatic heterocycles. The Morgan fingerprint density at radius 3 is 2.70 bits per heavy atom. The molecule has 0 aliphatic carbocycles. The van der Waals surface area contributed by atoms with Gasteiger partial charge in [0.15, 0.2) is 0 Å². The largest absolute Gasteiger partial charge is 0.466 e. The maximum atomic E-state index is 11.6. The molecular formula is C6H10FNO2. The van der Waals surface area contributed by atoms with Gasteiger partial charge in [0.05, 0.1) is 18.7 Å². The second-order valence-electron chi connectivity index (χ2n) is 1.72. The monoisotopic (exact) mass is 147 g/mol. The maximum Gasteiger partial charge on any atom is 0.311 e. The Balaban J connectivity index is 3.47. The zero-order valence-electron chi connectivity index (χ0n) is 5.82. The highest BCUT2D eigenvalue weighted by Gasteiger charge is 2.04. The summed E-state index contributed by atoms with van der Waals surface area (Å²) in [5, 5.41) is 6.77. The van der Waals surface area contributed by atoms with E-state index in [0.29, 0.717) is 0 Å². The Bertz CT molecular complexity index is 136. The molecule has 10 heavy (non-hydrogen) atoms. The van der Waals surface area contributed by atoms with Gasteiger partial charge in [-0.15, -0.1) is 0 Å². The second-order valence-corrected chi connectivity index (χ2v) is 1.72. The van der Waals surface area contributed by atoms with E-state index in [-0.39, 0.29) is 18.7 Å². The lowest BCUT2D eigenvalue weighted by molar-refractivity contribution is -0.141. The Kier molecular flexibility index (Phi) is 4.45. The molecule has 0 radical (unpaired) electrons. The first kappa shape index (κ1) is 9.07. The minimum atomic E-state index is -0.876. The smallest absolute Gasteiger partial charge is 0.311 e. The highest BCUT2D eigenvalue weighted by atomic mass is 19.1. The van der Waals surface area contributed by atoms with Crippen LogP contribution in [0.4, 0.5) is 4.39 Å². The van der Waals surface area contributed by atoms with E-state index in [1.807, 2.05) is 0 Å². The van der Waals surface area contributed by atoms with Gasteiger partial charge >= 0.3 is 5.97 Å². The van der Waals surface area contributed by atoms with E-state index in [4.69, 9.17) is 5.41 Å². The summed E-state index contributed by atoms with van der Waals surface area (Å²) < 4.78 is 16.0. The molecule has 0 spiro atoms. The molecular weight excluding hydrogens is 137 g/mol. The van der Waals surface area contributed by atoms with Crippen LogP contribution in [-0.4, -0.2) is 25.0 Å². The first-order chi connectivity index (χ1) is 4.70. The Morgan fingerprint density at radius 2 is 2.30 bits per heavy atom. The predicted octanol–water partition coefficient (Wildman–Crippen LogP) is 0.929. The molecule has 0 aliphatic rings. The predicted molar refractivity (Wildman–Crippen MR) is 35.0 cm³/mol. The first-order valence-corrected chi connectivity index (χ1v) is 2.98. The van der Waals surface area contributed by atoms with Crippen LogP contribution in [0, 0.1) is 5.41 Å². The molecule has 0 saturated carbocycles. The summed E-state index contributed by atoms with van der Waals surface area (Å²) in [6.07, 6.45) is -0.232. The molecule has 3 nitrogen and oxygen atoms in total. The quantitative estimate of drug-likeness (QED) is 0.475. The van der Waals surface area contributed by atoms with Gasteiger partial charge in [-0.2, -0.15) is 0 Å². The number of hydrogen-bond acceptors (Lipinski definition) is 3. The summed E-state index contributed by atoms with van der Waals surface area (Å²) in [5.41, 5.74) is -0.238. The van der Waals surface area contributed by atoms with Crippen molar-refractivity contribution in [3.05, 3.63) is 0 Å². The summed E-state index contributed by atoms with van der Waals surface area (Å²) in [6, 6.07) is 0. The van der Waals surface area contributed by atoms with E-state index >= 15 is 0 Å². The zero-order valence-corrected chi connectivity index (χ0v) is 5.82. The molecule has 0 aromatic carbocycles. The van der Waals surface area contributed by atoms with Crippen LogP contribution in [-0.2, 0) is 9.53 Å². The SMILES string of the molecule is CCOC(=O)CC(=N)CF. The number of alkyl halides is 1. The fourth-order valence-corrected chi connectivity index (χ4v) is 0.433. The molecule has 1 N–H and O–H groups in total. The van der Waals surface area contributed by atoms with Crippen molar-refractivity contribution >= 4 is 11.7 Å². The lowest BCUT2D eigenvalue weighted by atomic mass is 10.3. The summed E-state index contributed by atoms with van der Waals surface area (Å²) in [7, 11) is 0. The van der Waals surface area contributed by atoms with Gasteiger partial charge in [0.1, 0.15) is 6.67 Å². The lowest BCUT2D eigenvalue weighted by Crippen LogP contribution is -2.11. The maximum absolute atomic E-state index is 11.6. The topological polar surface area (TPSA) is 50.2 Å². The molecule has 0 bridgehead atoms. The number of esters is 1. The van der Waals surface area contributed by atoms with Crippen LogP contribution in [0.2, 0.25) is 0 Å². The van der Waals surface area contributed by atoms with E-state index in [1.54, 1.807) is 6.92 Å². The molecule has 0 aromatic heterocycles. The van der Waals surface area contributed by atoms with E-state index in [2.05, 4.69) is 4.74 Å². The van der Waals surface area contributed by atoms with E-state index in [0.717, 1.165) is 0 Å². The van der Waals surface area contributed by atoms with Crippen LogP contribution in [0.15, 0.2) is 0 Å². The van der Waals surface area contributed by atoms with Gasteiger partial charge in [0.25, 0.3) is 0 Å². The fourth-order valence-electron chi connectivity index (χ4n) is 0.433. The van der Waals surface area contributed by atoms with Crippen LogP contribution >= 0.6 is 0 Å². The third-order valence-corrected chi connectivity index (χ3v) is 0.824. The zero-order chi connectivity index (χ0) is 7.98. The molecule has 4 heteroatoms. The molecule has 0 saturated heterocycles. The minimum absolute atomic E-state index is 0.232. The summed E-state index contributed by atoms with van der Waals surface area (Å²) in [6.45, 7) is 1.06. The van der Waals surface area contributed by atoms with Gasteiger partial charge in [0.2, 0.25) is 0 Å². The van der Waals surface area contributed by atoms with E-state index < -0.39 is 12.6 Å². The van der Waals surface area contributed by atoms with Crippen molar-refractivity contribution in [3.63, 3.8) is 0 Å². The number of rotatable bonds is 4. The first-order valence-electron chi connectivity index (χ1n) is 2.98. The molecule has 0 fully saturated rings. The highest BCUT2D eigenvalue weighted by molar-refractivity contribution is 5.97. The van der Waals surface area contributed by atoms with Gasteiger partial charge in [-0.3, -0.25) is 4.79 Å². The highest BCUT2D eigenvalue weighted by Crippen LogP contribution is 1.89. The van der Waals surface area contributed by atoms with Gasteiger partial charge in [0, 0.05) is 0 Å². The van der Waals surface area contributed by atoms with Crippen molar-refractivity contribution in [1.29, 1.82) is 5.41 Å². The van der Waals surface area contributed by atoms with Gasteiger partial charge in [-0.1, -0.05) is 0 Å². The standard InChI is InChI=1S/C6H10FNO2/c1-2-10-6(9)3-5(8)4-7/h8H,2-4H2,1H3. The number of halogens is 1. The van der Waals surface area contributed by atoms with Crippen LogP contribution in [0.1, 0.15) is 13.3 Å². The van der Waals surface area contributed by atoms with Crippen molar-refractivity contribution in [2.45, 2.75) is 13.3 Å². The minimum Gasteiger partial charge on any atom is -0.466 e. The normalized spacial score (nSPS) is 9.00. The molecule has 58 valence electrons. The Labute approximate surface area is 58.7 Å². The number of hydrogen-bond donors (Lipinski definition) is 1. The lowest BCUT2D eigenvalue weighted by Gasteiger charge is -1.98. The van der Waals surface area contributed by atoms with Crippen molar-refractivity contribution in [2.75, 3.05) is 13.3 Å². The third kappa shape index (κ3) is 4.00. The molecule has 0 atom stereocenters. The number of carbonyl (C=O) groups is 1. The van der Waals surface area contributed by atoms with Crippen molar-refractivity contribution < 1.29 is 13.9 Å². The summed E-state index contributed by atoms with van der Waals surface area (Å²) in [4.78, 5) is 10.5. The van der Waals surface area contributed by atoms with Crippen molar-refractivity contribution in [2.24, 2.45) is 0 Å². The summed E-state index contributed by atoms with van der Waals surface area (Å²) >= 11 is 0. The molecule has 0 rings (SSSR count). The van der Waals surface area contributed by atoms with Crippen LogP contribution < -0.4 is 0 Å². The average molecular weight is 147 g/mol. The van der Waals surface area contributed by atoms with E-state index in [9.17, 15) is 9.18 Å². The Morgan fingerprint density at radius 1 is 1.70 bits per heavy atom. The third-order valence-electron chi connectivity index (χ3n) is 0.824. The fraction of sp³-hybridized carbons (Fsp3) is 0.667. The molecule has 0 aromatic rings. The van der Waals surface area contributed by atoms with Gasteiger partial charge < -0.3 is 10.1 Å². The number of carbonyl (C=O) groups excluding carboxylic acids is 1. The van der Waals surface area contributed by atoms with Crippen LogP contribution in [0.25, 0.3) is 0 Å². The average Bonchev–Trinajstić information content (AvgIpc) is 1.88. The number of nitrogens with one attached hydrogen (secondary N) is 1. The van der Waals surface area contributed by atoms with Gasteiger partial charge in [-0.25, -0.2) is 4.39 Å². The molecule has 0 amide bonds. The van der Waals surface area contributed by atoms with Crippen molar-refractivity contribution in [1.82, 2.24) is 0 Å². The Hall–Kier alpha value is -0.930. The van der Waals surface area contributed by atoms with Crippen LogP contribution in [0.5, 0.6) is 0 Å². The van der Waals surface area contributed by atoms with Crippen LogP contribution in [0.3, 0.4) is 0 Å². The van der Waals surface area contributed by atoms with Gasteiger partial charge in [-0.05, 0) is 6.92 Å².